The number of benzene rings is 3. The summed E-state index contributed by atoms with van der Waals surface area (Å²) in [4.78, 5) is 28.8. The Morgan fingerprint density at radius 2 is 1.62 bits per heavy atom. The first kappa shape index (κ1) is 31.5. The molecule has 2 amide bonds. The number of carbonyl (C=O) groups excluding carboxylic acids is 2. The molecule has 214 valence electrons. The number of hydrogen-bond donors (Lipinski definition) is 1. The number of hydrogen-bond acceptors (Lipinski definition) is 4. The minimum Gasteiger partial charge on any atom is -0.354 e. The van der Waals surface area contributed by atoms with E-state index in [9.17, 15) is 18.0 Å². The molecule has 1 unspecified atom stereocenters. The molecule has 3 aromatic rings. The molecule has 0 fully saturated rings. The third kappa shape index (κ3) is 7.99. The number of sulfonamides is 1. The van der Waals surface area contributed by atoms with Crippen LogP contribution in [0.15, 0.2) is 77.7 Å². The number of nitrogens with one attached hydrogen (secondary N) is 1. The highest BCUT2D eigenvalue weighted by Gasteiger charge is 2.34. The van der Waals surface area contributed by atoms with Gasteiger partial charge in [0.15, 0.2) is 0 Å². The second kappa shape index (κ2) is 14.0. The van der Waals surface area contributed by atoms with Crippen LogP contribution in [0.1, 0.15) is 38.3 Å². The number of nitrogens with zero attached hydrogens (tertiary/aromatic N) is 2. The second-order valence-corrected chi connectivity index (χ2v) is 12.7. The predicted molar refractivity (Wildman–Crippen MR) is 161 cm³/mol. The summed E-state index contributed by atoms with van der Waals surface area (Å²) in [6.45, 7) is 7.58. The molecule has 0 radical (unpaired) electrons. The van der Waals surface area contributed by atoms with Gasteiger partial charge in [-0.05, 0) is 72.9 Å². The lowest BCUT2D eigenvalue weighted by molar-refractivity contribution is -0.140. The van der Waals surface area contributed by atoms with Gasteiger partial charge in [-0.15, -0.1) is 0 Å². The Morgan fingerprint density at radius 1 is 0.950 bits per heavy atom. The maximum atomic E-state index is 14.1. The Kier molecular flexibility index (Phi) is 11.0. The van der Waals surface area contributed by atoms with E-state index in [4.69, 9.17) is 23.2 Å². The lowest BCUT2D eigenvalue weighted by Crippen LogP contribution is -2.52. The molecule has 1 atom stereocenters. The molecule has 0 aliphatic rings. The van der Waals surface area contributed by atoms with Gasteiger partial charge in [0.2, 0.25) is 11.8 Å². The summed E-state index contributed by atoms with van der Waals surface area (Å²) >= 11 is 12.4. The highest BCUT2D eigenvalue weighted by atomic mass is 35.5. The van der Waals surface area contributed by atoms with Crippen molar-refractivity contribution in [3.8, 4) is 0 Å². The summed E-state index contributed by atoms with van der Waals surface area (Å²) < 4.78 is 28.9. The molecular formula is C30H35Cl2N3O4S. The zero-order chi connectivity index (χ0) is 29.4. The van der Waals surface area contributed by atoms with Gasteiger partial charge in [-0.1, -0.05) is 74.3 Å². The molecule has 0 bridgehead atoms. The van der Waals surface area contributed by atoms with E-state index < -0.39 is 28.5 Å². The summed E-state index contributed by atoms with van der Waals surface area (Å²) in [5.41, 5.74) is 1.81. The minimum absolute atomic E-state index is 0.00872. The van der Waals surface area contributed by atoms with Crippen molar-refractivity contribution >= 4 is 50.7 Å². The summed E-state index contributed by atoms with van der Waals surface area (Å²) in [5.74, 6) is -0.625. The Morgan fingerprint density at radius 3 is 2.23 bits per heavy atom. The van der Waals surface area contributed by atoms with Crippen molar-refractivity contribution in [1.82, 2.24) is 10.2 Å². The van der Waals surface area contributed by atoms with Gasteiger partial charge in [0.25, 0.3) is 10.0 Å². The van der Waals surface area contributed by atoms with Crippen molar-refractivity contribution in [3.63, 3.8) is 0 Å². The lowest BCUT2D eigenvalue weighted by atomic mass is 10.1. The normalized spacial score (nSPS) is 12.2. The summed E-state index contributed by atoms with van der Waals surface area (Å²) in [7, 11) is -4.17. The summed E-state index contributed by atoms with van der Waals surface area (Å²) in [6.07, 6.45) is 0.328. The fourth-order valence-electron chi connectivity index (χ4n) is 4.20. The molecular weight excluding hydrogens is 569 g/mol. The van der Waals surface area contributed by atoms with Crippen LogP contribution in [-0.4, -0.2) is 44.3 Å². The number of anilines is 1. The molecule has 0 saturated heterocycles. The molecule has 0 saturated carbocycles. The zero-order valence-electron chi connectivity index (χ0n) is 23.1. The van der Waals surface area contributed by atoms with E-state index in [1.165, 1.54) is 29.2 Å². The zero-order valence-corrected chi connectivity index (χ0v) is 25.4. The van der Waals surface area contributed by atoms with E-state index in [-0.39, 0.29) is 23.3 Å². The molecule has 10 heteroatoms. The third-order valence-corrected chi connectivity index (χ3v) is 8.75. The Bertz CT molecular complexity index is 1430. The lowest BCUT2D eigenvalue weighted by Gasteiger charge is -2.33. The van der Waals surface area contributed by atoms with Gasteiger partial charge in [0.05, 0.1) is 10.6 Å². The average molecular weight is 605 g/mol. The van der Waals surface area contributed by atoms with Gasteiger partial charge in [-0.3, -0.25) is 13.9 Å². The van der Waals surface area contributed by atoms with Crippen LogP contribution in [0.3, 0.4) is 0 Å². The van der Waals surface area contributed by atoms with Crippen molar-refractivity contribution < 1.29 is 18.0 Å². The number of halogens is 2. The van der Waals surface area contributed by atoms with Crippen LogP contribution in [0.2, 0.25) is 10.0 Å². The van der Waals surface area contributed by atoms with Crippen molar-refractivity contribution in [1.29, 1.82) is 0 Å². The van der Waals surface area contributed by atoms with E-state index in [0.29, 0.717) is 34.3 Å². The first-order chi connectivity index (χ1) is 18.9. The average Bonchev–Trinajstić information content (AvgIpc) is 2.91. The molecule has 0 aliphatic heterocycles. The van der Waals surface area contributed by atoms with Crippen molar-refractivity contribution in [3.05, 3.63) is 94.0 Å². The predicted octanol–water partition coefficient (Wildman–Crippen LogP) is 6.08. The van der Waals surface area contributed by atoms with Crippen LogP contribution in [0.4, 0.5) is 5.69 Å². The number of rotatable bonds is 12. The minimum atomic E-state index is -4.17. The fourth-order valence-corrected chi connectivity index (χ4v) is 5.93. The second-order valence-electron chi connectivity index (χ2n) is 9.98. The standard InChI is InChI=1S/C30H35Cl2N3O4S/c1-5-28(30(37)33-18-21(2)3)34(19-23-10-6-7-12-27(23)32)29(36)20-35(25-11-8-9-22(4)17-25)40(38,39)26-15-13-24(31)14-16-26/h6-17,21,28H,5,18-20H2,1-4H3,(H,33,37). The maximum Gasteiger partial charge on any atom is 0.264 e. The van der Waals surface area contributed by atoms with Crippen LogP contribution < -0.4 is 9.62 Å². The fraction of sp³-hybridized carbons (Fsp3) is 0.333. The third-order valence-electron chi connectivity index (χ3n) is 6.34. The van der Waals surface area contributed by atoms with Crippen LogP contribution in [0, 0.1) is 12.8 Å². The molecule has 1 N–H and O–H groups in total. The molecule has 0 heterocycles. The quantitative estimate of drug-likeness (QED) is 0.272. The highest BCUT2D eigenvalue weighted by Crippen LogP contribution is 2.27. The molecule has 3 aromatic carbocycles. The van der Waals surface area contributed by atoms with Crippen LogP contribution in [0.25, 0.3) is 0 Å². The molecule has 3 rings (SSSR count). The van der Waals surface area contributed by atoms with Gasteiger partial charge < -0.3 is 10.2 Å². The Hall–Kier alpha value is -3.07. The molecule has 40 heavy (non-hydrogen) atoms. The summed E-state index contributed by atoms with van der Waals surface area (Å²) in [6, 6.07) is 18.9. The highest BCUT2D eigenvalue weighted by molar-refractivity contribution is 7.92. The number of carbonyl (C=O) groups is 2. The van der Waals surface area contributed by atoms with Crippen molar-refractivity contribution in [2.24, 2.45) is 5.92 Å². The van der Waals surface area contributed by atoms with Gasteiger partial charge in [0.1, 0.15) is 12.6 Å². The Labute approximate surface area is 247 Å². The first-order valence-corrected chi connectivity index (χ1v) is 15.3. The SMILES string of the molecule is CCC(C(=O)NCC(C)C)N(Cc1ccccc1Cl)C(=O)CN(c1cccc(C)c1)S(=O)(=O)c1ccc(Cl)cc1. The maximum absolute atomic E-state index is 14.1. The smallest absolute Gasteiger partial charge is 0.264 e. The van der Waals surface area contributed by atoms with E-state index in [1.54, 1.807) is 42.5 Å². The largest absolute Gasteiger partial charge is 0.354 e. The monoisotopic (exact) mass is 603 g/mol. The van der Waals surface area contributed by atoms with E-state index in [2.05, 4.69) is 5.32 Å². The van der Waals surface area contributed by atoms with E-state index in [0.717, 1.165) is 9.87 Å². The van der Waals surface area contributed by atoms with E-state index in [1.807, 2.05) is 33.8 Å². The molecule has 0 spiro atoms. The summed E-state index contributed by atoms with van der Waals surface area (Å²) in [5, 5.41) is 3.75. The first-order valence-electron chi connectivity index (χ1n) is 13.1. The van der Waals surface area contributed by atoms with Gasteiger partial charge in [0, 0.05) is 23.1 Å². The van der Waals surface area contributed by atoms with E-state index >= 15 is 0 Å². The van der Waals surface area contributed by atoms with Gasteiger partial charge >= 0.3 is 0 Å². The van der Waals surface area contributed by atoms with Crippen molar-refractivity contribution in [2.75, 3.05) is 17.4 Å². The number of amides is 2. The van der Waals surface area contributed by atoms with Crippen LogP contribution in [0.5, 0.6) is 0 Å². The molecule has 7 nitrogen and oxygen atoms in total. The molecule has 0 aromatic heterocycles. The van der Waals surface area contributed by atoms with Gasteiger partial charge in [-0.2, -0.15) is 0 Å². The Balaban J connectivity index is 2.06. The van der Waals surface area contributed by atoms with Crippen LogP contribution in [-0.2, 0) is 26.2 Å². The van der Waals surface area contributed by atoms with Crippen LogP contribution >= 0.6 is 23.2 Å². The van der Waals surface area contributed by atoms with Gasteiger partial charge in [-0.25, -0.2) is 8.42 Å². The number of aryl methyl sites for hydroxylation is 1. The topological polar surface area (TPSA) is 86.8 Å². The van der Waals surface area contributed by atoms with Crippen molar-refractivity contribution in [2.45, 2.75) is 51.6 Å². The molecule has 0 aliphatic carbocycles.